The van der Waals surface area contributed by atoms with Crippen LogP contribution in [-0.4, -0.2) is 40.1 Å². The second-order valence-corrected chi connectivity index (χ2v) is 9.57. The Kier molecular flexibility index (Phi) is 6.43. The standard InChI is InChI=1S/C27H33N7/c1-18(32-33-34(2)3)20-14-15-22-23(17-20)29-27-25(22)26(28-21-12-8-5-9-13-21)30-24(31-27)16-19-10-6-4-7-11-19/h4,6-7,10,14-15,17,19,21H,1,5,8-9,11-13,16H2,2-3H3,(H2,28,29,30,31). The maximum atomic E-state index is 5.06. The highest BCUT2D eigenvalue weighted by Crippen LogP contribution is 2.33. The van der Waals surface area contributed by atoms with Crippen LogP contribution in [0.5, 0.6) is 0 Å². The molecule has 0 bridgehead atoms. The summed E-state index contributed by atoms with van der Waals surface area (Å²) in [7, 11) is 3.68. The van der Waals surface area contributed by atoms with E-state index in [1.807, 2.05) is 20.2 Å². The van der Waals surface area contributed by atoms with Crippen molar-refractivity contribution < 1.29 is 0 Å². The minimum Gasteiger partial charge on any atom is -0.367 e. The first-order chi connectivity index (χ1) is 16.6. The Morgan fingerprint density at radius 1 is 1.18 bits per heavy atom. The molecule has 1 fully saturated rings. The van der Waals surface area contributed by atoms with Crippen LogP contribution in [0.15, 0.2) is 59.4 Å². The third-order valence-corrected chi connectivity index (χ3v) is 6.63. The van der Waals surface area contributed by atoms with Crippen LogP contribution in [-0.2, 0) is 6.42 Å². The van der Waals surface area contributed by atoms with Gasteiger partial charge in [0.05, 0.1) is 11.1 Å². The van der Waals surface area contributed by atoms with Crippen LogP contribution < -0.4 is 5.32 Å². The number of benzene rings is 1. The molecule has 2 aliphatic carbocycles. The van der Waals surface area contributed by atoms with Crippen LogP contribution in [0.4, 0.5) is 5.82 Å². The van der Waals surface area contributed by atoms with Crippen LogP contribution in [0.2, 0.25) is 0 Å². The zero-order chi connectivity index (χ0) is 23.5. The van der Waals surface area contributed by atoms with E-state index in [9.17, 15) is 0 Å². The SMILES string of the molecule is C=C(N=NN(C)C)c1ccc2c(c1)[nH]c1nc(CC3C=CC=CC3)nc(NC3CCCCC3)c12. The van der Waals surface area contributed by atoms with Gasteiger partial charge in [0, 0.05) is 43.0 Å². The maximum absolute atomic E-state index is 5.06. The molecule has 0 spiro atoms. The van der Waals surface area contributed by atoms with Gasteiger partial charge in [-0.15, -0.1) is 5.11 Å². The molecular weight excluding hydrogens is 422 g/mol. The minimum atomic E-state index is 0.436. The number of fused-ring (bicyclic) bond motifs is 3. The Hall–Kier alpha value is -3.48. The zero-order valence-corrected chi connectivity index (χ0v) is 20.1. The van der Waals surface area contributed by atoms with E-state index in [0.717, 1.165) is 52.0 Å². The monoisotopic (exact) mass is 455 g/mol. The number of aromatic nitrogens is 3. The average Bonchev–Trinajstić information content (AvgIpc) is 3.21. The molecule has 2 N–H and O–H groups in total. The minimum absolute atomic E-state index is 0.436. The van der Waals surface area contributed by atoms with E-state index < -0.39 is 0 Å². The summed E-state index contributed by atoms with van der Waals surface area (Å²) in [6.07, 6.45) is 16.8. The van der Waals surface area contributed by atoms with Crippen molar-refractivity contribution in [2.45, 2.75) is 51.0 Å². The molecule has 7 heteroatoms. The van der Waals surface area contributed by atoms with Gasteiger partial charge in [-0.25, -0.2) is 9.97 Å². The number of hydrogen-bond acceptors (Lipinski definition) is 5. The van der Waals surface area contributed by atoms with E-state index in [4.69, 9.17) is 9.97 Å². The topological polar surface area (TPSA) is 81.6 Å². The van der Waals surface area contributed by atoms with Gasteiger partial charge < -0.3 is 10.3 Å². The highest BCUT2D eigenvalue weighted by atomic mass is 15.5. The van der Waals surface area contributed by atoms with Crippen molar-refractivity contribution in [3.63, 3.8) is 0 Å². The molecule has 1 unspecified atom stereocenters. The van der Waals surface area contributed by atoms with Gasteiger partial charge in [0.15, 0.2) is 0 Å². The van der Waals surface area contributed by atoms with E-state index in [2.05, 4.69) is 63.7 Å². The summed E-state index contributed by atoms with van der Waals surface area (Å²) in [6, 6.07) is 6.70. The lowest BCUT2D eigenvalue weighted by atomic mass is 9.95. The number of nitrogens with zero attached hydrogens (tertiary/aromatic N) is 5. The Balaban J connectivity index is 1.54. The Morgan fingerprint density at radius 3 is 2.79 bits per heavy atom. The van der Waals surface area contributed by atoms with E-state index in [-0.39, 0.29) is 0 Å². The molecule has 3 aromatic rings. The van der Waals surface area contributed by atoms with Crippen molar-refractivity contribution in [3.8, 4) is 0 Å². The van der Waals surface area contributed by atoms with Crippen molar-refractivity contribution in [2.24, 2.45) is 16.3 Å². The van der Waals surface area contributed by atoms with Crippen LogP contribution in [0, 0.1) is 5.92 Å². The predicted octanol–water partition coefficient (Wildman–Crippen LogP) is 6.43. The summed E-state index contributed by atoms with van der Waals surface area (Å²) in [6.45, 7) is 4.08. The van der Waals surface area contributed by atoms with Gasteiger partial charge in [-0.2, -0.15) is 0 Å². The molecule has 1 saturated carbocycles. The van der Waals surface area contributed by atoms with Crippen LogP contribution >= 0.6 is 0 Å². The molecule has 1 aromatic carbocycles. The number of aromatic amines is 1. The van der Waals surface area contributed by atoms with Gasteiger partial charge in [-0.1, -0.05) is 67.5 Å². The van der Waals surface area contributed by atoms with E-state index in [1.165, 1.54) is 32.1 Å². The number of nitrogens with one attached hydrogen (secondary N) is 2. The third kappa shape index (κ3) is 4.88. The summed E-state index contributed by atoms with van der Waals surface area (Å²) in [5.74, 6) is 2.27. The second kappa shape index (κ2) is 9.79. The van der Waals surface area contributed by atoms with Crippen molar-refractivity contribution in [3.05, 3.63) is 60.5 Å². The van der Waals surface area contributed by atoms with Gasteiger partial charge in [0.25, 0.3) is 0 Å². The van der Waals surface area contributed by atoms with Crippen molar-refractivity contribution >= 4 is 33.5 Å². The van der Waals surface area contributed by atoms with Crippen molar-refractivity contribution in [1.82, 2.24) is 20.0 Å². The number of hydrogen-bond donors (Lipinski definition) is 2. The number of anilines is 1. The molecule has 0 radical (unpaired) electrons. The quantitative estimate of drug-likeness (QED) is 0.318. The maximum Gasteiger partial charge on any atom is 0.144 e. The summed E-state index contributed by atoms with van der Waals surface area (Å²) < 4.78 is 0. The van der Waals surface area contributed by atoms with Crippen LogP contribution in [0.3, 0.4) is 0 Å². The van der Waals surface area contributed by atoms with Crippen LogP contribution in [0.25, 0.3) is 27.6 Å². The first-order valence-corrected chi connectivity index (χ1v) is 12.3. The normalized spacial score (nSPS) is 18.8. The lowest BCUT2D eigenvalue weighted by Crippen LogP contribution is -2.23. The van der Waals surface area contributed by atoms with E-state index in [0.29, 0.717) is 17.7 Å². The van der Waals surface area contributed by atoms with Gasteiger partial charge in [0.1, 0.15) is 17.3 Å². The highest BCUT2D eigenvalue weighted by Gasteiger charge is 2.20. The number of rotatable bonds is 7. The average molecular weight is 456 g/mol. The van der Waals surface area contributed by atoms with Crippen LogP contribution in [0.1, 0.15) is 49.9 Å². The summed E-state index contributed by atoms with van der Waals surface area (Å²) in [5, 5.41) is 15.9. The predicted molar refractivity (Wildman–Crippen MR) is 140 cm³/mol. The lowest BCUT2D eigenvalue weighted by Gasteiger charge is -2.24. The van der Waals surface area contributed by atoms with E-state index in [1.54, 1.807) is 5.01 Å². The molecule has 5 rings (SSSR count). The Labute approximate surface area is 200 Å². The molecular formula is C27H33N7. The fourth-order valence-electron chi connectivity index (χ4n) is 4.88. The Bertz CT molecular complexity index is 1280. The lowest BCUT2D eigenvalue weighted by molar-refractivity contribution is 0.409. The van der Waals surface area contributed by atoms with Gasteiger partial charge >= 0.3 is 0 Å². The molecule has 0 amide bonds. The smallest absolute Gasteiger partial charge is 0.144 e. The van der Waals surface area contributed by atoms with Crippen molar-refractivity contribution in [1.29, 1.82) is 0 Å². The number of H-pyrrole nitrogens is 1. The molecule has 176 valence electrons. The third-order valence-electron chi connectivity index (χ3n) is 6.63. The zero-order valence-electron chi connectivity index (χ0n) is 20.1. The molecule has 2 aromatic heterocycles. The molecule has 0 saturated heterocycles. The molecule has 1 atom stereocenters. The highest BCUT2D eigenvalue weighted by molar-refractivity contribution is 6.11. The van der Waals surface area contributed by atoms with Crippen molar-refractivity contribution in [2.75, 3.05) is 19.4 Å². The summed E-state index contributed by atoms with van der Waals surface area (Å²) in [4.78, 5) is 13.6. The fraction of sp³-hybridized carbons (Fsp3) is 0.407. The Morgan fingerprint density at radius 2 is 2.03 bits per heavy atom. The molecule has 0 aliphatic heterocycles. The fourth-order valence-corrected chi connectivity index (χ4v) is 4.88. The first kappa shape index (κ1) is 22.3. The van der Waals surface area contributed by atoms with E-state index >= 15 is 0 Å². The number of allylic oxidation sites excluding steroid dienone is 4. The second-order valence-electron chi connectivity index (χ2n) is 9.57. The molecule has 7 nitrogen and oxygen atoms in total. The summed E-state index contributed by atoms with van der Waals surface area (Å²) in [5.41, 5.74) is 3.44. The van der Waals surface area contributed by atoms with Gasteiger partial charge in [0.2, 0.25) is 0 Å². The molecule has 2 aliphatic rings. The largest absolute Gasteiger partial charge is 0.367 e. The molecule has 34 heavy (non-hydrogen) atoms. The van der Waals surface area contributed by atoms with Gasteiger partial charge in [-0.3, -0.25) is 5.01 Å². The van der Waals surface area contributed by atoms with Gasteiger partial charge in [-0.05, 0) is 31.2 Å². The molecule has 2 heterocycles. The summed E-state index contributed by atoms with van der Waals surface area (Å²) >= 11 is 0. The first-order valence-electron chi connectivity index (χ1n) is 12.3.